The fourth-order valence-corrected chi connectivity index (χ4v) is 3.30. The third-order valence-corrected chi connectivity index (χ3v) is 4.68. The van der Waals surface area contributed by atoms with Crippen LogP contribution in [-0.4, -0.2) is 14.8 Å². The average molecular weight is 308 g/mol. The summed E-state index contributed by atoms with van der Waals surface area (Å²) in [6.45, 7) is 3.97. The first-order chi connectivity index (χ1) is 10.7. The Bertz CT molecular complexity index is 844. The maximum Gasteiger partial charge on any atom is 0.155 e. The van der Waals surface area contributed by atoms with Crippen LogP contribution in [0.3, 0.4) is 0 Å². The molecule has 1 atom stereocenters. The van der Waals surface area contributed by atoms with Crippen LogP contribution in [0.25, 0.3) is 12.7 Å². The van der Waals surface area contributed by atoms with E-state index in [-0.39, 0.29) is 0 Å². The normalized spacial score (nSPS) is 13.2. The predicted molar refractivity (Wildman–Crippen MR) is 89.9 cm³/mol. The third kappa shape index (κ3) is 3.30. The molecule has 1 heterocycles. The molecule has 0 fully saturated rings. The quantitative estimate of drug-likeness (QED) is 0.749. The van der Waals surface area contributed by atoms with Crippen LogP contribution >= 0.6 is 0 Å². The zero-order valence-corrected chi connectivity index (χ0v) is 12.8. The second-order valence-corrected chi connectivity index (χ2v) is 6.37. The molecule has 3 aromatic rings. The molecule has 1 aromatic heterocycles. The highest BCUT2D eigenvalue weighted by atomic mass is 32.2. The van der Waals surface area contributed by atoms with Crippen LogP contribution in [-0.2, 0) is 16.9 Å². The SMILES string of the molecule is C=c1[nH]nc(C[S+]([O-])c2ccccc2)c1=Cc1ccccc1. The van der Waals surface area contributed by atoms with Gasteiger partial charge in [-0.2, -0.15) is 5.10 Å². The summed E-state index contributed by atoms with van der Waals surface area (Å²) >= 11 is -1.12. The van der Waals surface area contributed by atoms with Crippen LogP contribution in [0.5, 0.6) is 0 Å². The van der Waals surface area contributed by atoms with Crippen LogP contribution in [0.2, 0.25) is 0 Å². The number of hydrogen-bond donors (Lipinski definition) is 1. The molecule has 110 valence electrons. The monoisotopic (exact) mass is 308 g/mol. The van der Waals surface area contributed by atoms with Gasteiger partial charge in [0.15, 0.2) is 10.6 Å². The number of nitrogens with one attached hydrogen (secondary N) is 1. The van der Waals surface area contributed by atoms with E-state index in [9.17, 15) is 4.55 Å². The van der Waals surface area contributed by atoms with Crippen molar-refractivity contribution in [3.63, 3.8) is 0 Å². The van der Waals surface area contributed by atoms with Crippen LogP contribution in [0.4, 0.5) is 0 Å². The Hall–Kier alpha value is -2.30. The van der Waals surface area contributed by atoms with Crippen molar-refractivity contribution in [3.05, 3.63) is 82.5 Å². The van der Waals surface area contributed by atoms with Gasteiger partial charge in [-0.15, -0.1) is 0 Å². The number of rotatable bonds is 4. The lowest BCUT2D eigenvalue weighted by Gasteiger charge is -2.08. The largest absolute Gasteiger partial charge is 0.611 e. The summed E-state index contributed by atoms with van der Waals surface area (Å²) in [5, 5.41) is 8.81. The first kappa shape index (κ1) is 14.6. The molecule has 0 saturated carbocycles. The summed E-state index contributed by atoms with van der Waals surface area (Å²) in [5.74, 6) is 0.370. The molecule has 4 heteroatoms. The van der Waals surface area contributed by atoms with Gasteiger partial charge < -0.3 is 4.55 Å². The summed E-state index contributed by atoms with van der Waals surface area (Å²) in [5.41, 5.74) is 1.84. The van der Waals surface area contributed by atoms with Crippen molar-refractivity contribution in [3.8, 4) is 0 Å². The van der Waals surface area contributed by atoms with Crippen molar-refractivity contribution in [1.29, 1.82) is 0 Å². The second kappa shape index (κ2) is 6.64. The zero-order chi connectivity index (χ0) is 15.4. The van der Waals surface area contributed by atoms with Gasteiger partial charge in [-0.25, -0.2) is 0 Å². The minimum atomic E-state index is -1.12. The molecule has 3 nitrogen and oxygen atoms in total. The Morgan fingerprint density at radius 3 is 2.36 bits per heavy atom. The molecule has 22 heavy (non-hydrogen) atoms. The van der Waals surface area contributed by atoms with Gasteiger partial charge in [-0.3, -0.25) is 5.10 Å². The van der Waals surface area contributed by atoms with Crippen molar-refractivity contribution in [1.82, 2.24) is 10.2 Å². The Morgan fingerprint density at radius 1 is 1.05 bits per heavy atom. The Balaban J connectivity index is 1.93. The standard InChI is InChI=1S/C18H16N2OS/c1-14-17(12-15-8-4-2-5-9-15)18(20-19-14)13-22(21)16-10-6-3-7-11-16/h2-12,19H,1,13H2. The summed E-state index contributed by atoms with van der Waals surface area (Å²) in [7, 11) is 0. The van der Waals surface area contributed by atoms with Gasteiger partial charge in [0.05, 0.1) is 5.35 Å². The molecule has 2 aromatic carbocycles. The summed E-state index contributed by atoms with van der Waals surface area (Å²) in [6.07, 6.45) is 2.02. The molecular formula is C18H16N2OS. The summed E-state index contributed by atoms with van der Waals surface area (Å²) in [4.78, 5) is 0.807. The minimum Gasteiger partial charge on any atom is -0.611 e. The number of aromatic nitrogens is 2. The maximum absolute atomic E-state index is 12.5. The van der Waals surface area contributed by atoms with E-state index in [1.807, 2.05) is 66.7 Å². The van der Waals surface area contributed by atoms with E-state index in [2.05, 4.69) is 16.8 Å². The lowest BCUT2D eigenvalue weighted by Crippen LogP contribution is -2.25. The van der Waals surface area contributed by atoms with Crippen LogP contribution < -0.4 is 10.6 Å². The van der Waals surface area contributed by atoms with Crippen molar-refractivity contribution in [2.75, 3.05) is 0 Å². The lowest BCUT2D eigenvalue weighted by molar-refractivity contribution is 0.593. The van der Waals surface area contributed by atoms with Gasteiger partial charge >= 0.3 is 0 Å². The molecule has 1 unspecified atom stereocenters. The molecule has 1 N–H and O–H groups in total. The molecule has 3 rings (SSSR count). The zero-order valence-electron chi connectivity index (χ0n) is 12.0. The summed E-state index contributed by atoms with van der Waals surface area (Å²) < 4.78 is 12.5. The molecule has 0 bridgehead atoms. The first-order valence-corrected chi connectivity index (χ1v) is 8.28. The smallest absolute Gasteiger partial charge is 0.155 e. The molecule has 0 aliphatic carbocycles. The summed E-state index contributed by atoms with van der Waals surface area (Å²) in [6, 6.07) is 19.4. The minimum absolute atomic E-state index is 0.370. The Kier molecular flexibility index (Phi) is 4.42. The van der Waals surface area contributed by atoms with Crippen molar-refractivity contribution >= 4 is 23.8 Å². The van der Waals surface area contributed by atoms with Gasteiger partial charge in [0.25, 0.3) is 0 Å². The Labute approximate surface area is 132 Å². The lowest BCUT2D eigenvalue weighted by atomic mass is 10.2. The van der Waals surface area contributed by atoms with Gasteiger partial charge in [0.1, 0.15) is 5.69 Å². The van der Waals surface area contributed by atoms with Gasteiger partial charge in [-0.05, 0) is 34.9 Å². The third-order valence-electron chi connectivity index (χ3n) is 3.35. The van der Waals surface area contributed by atoms with E-state index in [1.54, 1.807) is 0 Å². The van der Waals surface area contributed by atoms with E-state index in [0.29, 0.717) is 5.75 Å². The maximum atomic E-state index is 12.5. The topological polar surface area (TPSA) is 51.7 Å². The average Bonchev–Trinajstić information content (AvgIpc) is 2.90. The van der Waals surface area contributed by atoms with Crippen LogP contribution in [0.1, 0.15) is 11.3 Å². The molecular weight excluding hydrogens is 292 g/mol. The second-order valence-electron chi connectivity index (χ2n) is 4.92. The molecule has 0 saturated heterocycles. The first-order valence-electron chi connectivity index (χ1n) is 6.96. The number of benzene rings is 2. The van der Waals surface area contributed by atoms with E-state index >= 15 is 0 Å². The van der Waals surface area contributed by atoms with Crippen molar-refractivity contribution in [2.45, 2.75) is 10.6 Å². The Morgan fingerprint density at radius 2 is 1.68 bits per heavy atom. The number of aromatic amines is 1. The molecule has 0 amide bonds. The highest BCUT2D eigenvalue weighted by Crippen LogP contribution is 2.13. The highest BCUT2D eigenvalue weighted by molar-refractivity contribution is 7.90. The van der Waals surface area contributed by atoms with Gasteiger partial charge in [0.2, 0.25) is 0 Å². The number of nitrogens with zero attached hydrogens (tertiary/aromatic N) is 1. The van der Waals surface area contributed by atoms with Gasteiger partial charge in [-0.1, -0.05) is 55.1 Å². The van der Waals surface area contributed by atoms with E-state index < -0.39 is 11.2 Å². The van der Waals surface area contributed by atoms with E-state index in [0.717, 1.165) is 26.7 Å². The fourth-order valence-electron chi connectivity index (χ4n) is 2.21. The van der Waals surface area contributed by atoms with E-state index in [1.165, 1.54) is 0 Å². The van der Waals surface area contributed by atoms with Crippen LogP contribution in [0, 0.1) is 0 Å². The fraction of sp³-hybridized carbons (Fsp3) is 0.0556. The molecule has 0 radical (unpaired) electrons. The molecule has 0 spiro atoms. The number of H-pyrrole nitrogens is 1. The highest BCUT2D eigenvalue weighted by Gasteiger charge is 2.14. The molecule has 0 aliphatic rings. The van der Waals surface area contributed by atoms with Crippen molar-refractivity contribution in [2.24, 2.45) is 0 Å². The van der Waals surface area contributed by atoms with E-state index in [4.69, 9.17) is 0 Å². The van der Waals surface area contributed by atoms with Crippen LogP contribution in [0.15, 0.2) is 65.6 Å². The van der Waals surface area contributed by atoms with Crippen molar-refractivity contribution < 1.29 is 4.55 Å². The molecule has 0 aliphatic heterocycles. The predicted octanol–water partition coefficient (Wildman–Crippen LogP) is 1.96. The van der Waals surface area contributed by atoms with Gasteiger partial charge in [0, 0.05) is 5.22 Å². The number of hydrogen-bond acceptors (Lipinski definition) is 2.